The summed E-state index contributed by atoms with van der Waals surface area (Å²) in [5.41, 5.74) is 0.124. The predicted octanol–water partition coefficient (Wildman–Crippen LogP) is 4.47. The average Bonchev–Trinajstić information content (AvgIpc) is 3.16. The van der Waals surface area contributed by atoms with Gasteiger partial charge in [-0.15, -0.1) is 23.1 Å². The molecule has 1 saturated heterocycles. The summed E-state index contributed by atoms with van der Waals surface area (Å²) < 4.78 is 0. The van der Waals surface area contributed by atoms with Crippen molar-refractivity contribution in [1.29, 1.82) is 0 Å². The largest absolute Gasteiger partial charge is 0.332 e. The number of amides is 2. The normalized spacial score (nSPS) is 41.5. The second-order valence-electron chi connectivity index (χ2n) is 8.06. The van der Waals surface area contributed by atoms with Gasteiger partial charge < -0.3 is 10.2 Å². The van der Waals surface area contributed by atoms with Crippen molar-refractivity contribution in [3.8, 4) is 0 Å². The smallest absolute Gasteiger partial charge is 0.319 e. The first-order valence-electron chi connectivity index (χ1n) is 8.95. The Labute approximate surface area is 146 Å². The van der Waals surface area contributed by atoms with E-state index < -0.39 is 0 Å². The standard InChI is InChI=1S/C18H24N2OS2/c21-17(20-3-5-23-16(20)15-2-1-4-22-15)19-18-9-12-6-13(10-18)8-14(7-12)11-18/h1-2,4,12-14,16H,3,5-11H2,(H,19,21). The van der Waals surface area contributed by atoms with Crippen LogP contribution in [-0.4, -0.2) is 28.8 Å². The number of hydrogen-bond acceptors (Lipinski definition) is 3. The van der Waals surface area contributed by atoms with E-state index in [1.54, 1.807) is 11.3 Å². The summed E-state index contributed by atoms with van der Waals surface area (Å²) in [6.07, 6.45) is 7.96. The summed E-state index contributed by atoms with van der Waals surface area (Å²) in [7, 11) is 0. The van der Waals surface area contributed by atoms with Crippen LogP contribution in [-0.2, 0) is 0 Å². The maximum atomic E-state index is 13.0. The lowest BCUT2D eigenvalue weighted by molar-refractivity contribution is -0.0156. The van der Waals surface area contributed by atoms with Crippen LogP contribution >= 0.6 is 23.1 Å². The van der Waals surface area contributed by atoms with Crippen LogP contribution in [0.5, 0.6) is 0 Å². The lowest BCUT2D eigenvalue weighted by Crippen LogP contribution is -2.61. The second-order valence-corrected chi connectivity index (χ2v) is 10.2. The van der Waals surface area contributed by atoms with E-state index in [0.29, 0.717) is 0 Å². The van der Waals surface area contributed by atoms with Crippen molar-refractivity contribution in [3.63, 3.8) is 0 Å². The van der Waals surface area contributed by atoms with Crippen LogP contribution in [0.4, 0.5) is 4.79 Å². The van der Waals surface area contributed by atoms with Crippen LogP contribution in [0.15, 0.2) is 17.5 Å². The van der Waals surface area contributed by atoms with Gasteiger partial charge in [-0.25, -0.2) is 4.79 Å². The Morgan fingerprint density at radius 1 is 1.17 bits per heavy atom. The molecule has 1 unspecified atom stereocenters. The third kappa shape index (κ3) is 2.51. The van der Waals surface area contributed by atoms with Crippen molar-refractivity contribution in [2.75, 3.05) is 12.3 Å². The zero-order chi connectivity index (χ0) is 15.4. The average molecular weight is 349 g/mol. The van der Waals surface area contributed by atoms with E-state index in [1.807, 2.05) is 11.8 Å². The van der Waals surface area contributed by atoms with Gasteiger partial charge in [0.25, 0.3) is 0 Å². The molecule has 6 rings (SSSR count). The minimum absolute atomic E-state index is 0.124. The molecule has 23 heavy (non-hydrogen) atoms. The fourth-order valence-electron chi connectivity index (χ4n) is 5.91. The highest BCUT2D eigenvalue weighted by molar-refractivity contribution is 7.99. The Bertz CT molecular complexity index is 565. The van der Waals surface area contributed by atoms with Gasteiger partial charge in [0.1, 0.15) is 5.37 Å². The van der Waals surface area contributed by atoms with Crippen LogP contribution in [0.3, 0.4) is 0 Å². The van der Waals surface area contributed by atoms with E-state index in [1.165, 1.54) is 43.4 Å². The van der Waals surface area contributed by atoms with Crippen molar-refractivity contribution in [2.45, 2.75) is 49.4 Å². The first-order chi connectivity index (χ1) is 11.2. The molecule has 1 aromatic rings. The number of nitrogens with zero attached hydrogens (tertiary/aromatic N) is 1. The number of hydrogen-bond donors (Lipinski definition) is 1. The highest BCUT2D eigenvalue weighted by Crippen LogP contribution is 2.55. The quantitative estimate of drug-likeness (QED) is 0.855. The summed E-state index contributed by atoms with van der Waals surface area (Å²) >= 11 is 3.67. The maximum Gasteiger partial charge on any atom is 0.319 e. The van der Waals surface area contributed by atoms with E-state index in [0.717, 1.165) is 30.1 Å². The molecule has 4 bridgehead atoms. The van der Waals surface area contributed by atoms with Gasteiger partial charge in [0.2, 0.25) is 0 Å². The Balaban J connectivity index is 1.33. The van der Waals surface area contributed by atoms with Crippen LogP contribution < -0.4 is 5.32 Å². The summed E-state index contributed by atoms with van der Waals surface area (Å²) in [4.78, 5) is 16.4. The van der Waals surface area contributed by atoms with Gasteiger partial charge in [-0.1, -0.05) is 6.07 Å². The number of nitrogens with one attached hydrogen (secondary N) is 1. The summed E-state index contributed by atoms with van der Waals surface area (Å²) in [6, 6.07) is 4.45. The molecule has 0 spiro atoms. The number of thiophene rings is 1. The summed E-state index contributed by atoms with van der Waals surface area (Å²) in [5.74, 6) is 3.68. The van der Waals surface area contributed by atoms with Gasteiger partial charge in [-0.3, -0.25) is 0 Å². The van der Waals surface area contributed by atoms with Crippen molar-refractivity contribution in [1.82, 2.24) is 10.2 Å². The van der Waals surface area contributed by atoms with Gasteiger partial charge in [0, 0.05) is 22.7 Å². The Hall–Kier alpha value is -0.680. The van der Waals surface area contributed by atoms with Crippen LogP contribution in [0.2, 0.25) is 0 Å². The first-order valence-corrected chi connectivity index (χ1v) is 10.9. The molecule has 2 amide bonds. The Morgan fingerprint density at radius 3 is 2.48 bits per heavy atom. The zero-order valence-corrected chi connectivity index (χ0v) is 15.0. The summed E-state index contributed by atoms with van der Waals surface area (Å²) in [6.45, 7) is 0.880. The topological polar surface area (TPSA) is 32.3 Å². The van der Waals surface area contributed by atoms with E-state index in [-0.39, 0.29) is 16.9 Å². The number of carbonyl (C=O) groups is 1. The molecule has 0 radical (unpaired) electrons. The molecule has 5 heteroatoms. The van der Waals surface area contributed by atoms with Crippen molar-refractivity contribution < 1.29 is 4.79 Å². The monoisotopic (exact) mass is 348 g/mol. The highest BCUT2D eigenvalue weighted by atomic mass is 32.2. The van der Waals surface area contributed by atoms with Gasteiger partial charge in [0.15, 0.2) is 0 Å². The number of thioether (sulfide) groups is 1. The minimum atomic E-state index is 0.124. The summed E-state index contributed by atoms with van der Waals surface area (Å²) in [5, 5.41) is 5.88. The lowest BCUT2D eigenvalue weighted by Gasteiger charge is -2.57. The molecule has 3 nitrogen and oxygen atoms in total. The molecule has 1 N–H and O–H groups in total. The first kappa shape index (κ1) is 14.6. The predicted molar refractivity (Wildman–Crippen MR) is 95.7 cm³/mol. The third-order valence-corrected chi connectivity index (χ3v) is 8.67. The fourth-order valence-corrected chi connectivity index (χ4v) is 8.14. The van der Waals surface area contributed by atoms with Crippen molar-refractivity contribution in [2.24, 2.45) is 17.8 Å². The zero-order valence-electron chi connectivity index (χ0n) is 13.4. The number of urea groups is 1. The molecule has 1 atom stereocenters. The Kier molecular flexibility index (Phi) is 3.45. The SMILES string of the molecule is O=C(NC12CC3CC(CC(C3)C1)C2)N1CCSC1c1cccs1. The minimum Gasteiger partial charge on any atom is -0.332 e. The molecule has 4 aliphatic carbocycles. The second kappa shape index (κ2) is 5.41. The molecule has 4 saturated carbocycles. The Morgan fingerprint density at radius 2 is 1.87 bits per heavy atom. The molecule has 2 heterocycles. The lowest BCUT2D eigenvalue weighted by atomic mass is 9.53. The molecule has 5 aliphatic rings. The van der Waals surface area contributed by atoms with E-state index in [9.17, 15) is 4.79 Å². The van der Waals surface area contributed by atoms with Gasteiger partial charge in [0.05, 0.1) is 0 Å². The van der Waals surface area contributed by atoms with Crippen molar-refractivity contribution >= 4 is 29.1 Å². The fraction of sp³-hybridized carbons (Fsp3) is 0.722. The number of carbonyl (C=O) groups excluding carboxylic acids is 1. The number of rotatable bonds is 2. The molecular weight excluding hydrogens is 324 g/mol. The van der Waals surface area contributed by atoms with Crippen LogP contribution in [0, 0.1) is 17.8 Å². The molecular formula is C18H24N2OS2. The molecule has 1 aliphatic heterocycles. The molecule has 5 fully saturated rings. The van der Waals surface area contributed by atoms with Crippen LogP contribution in [0.1, 0.15) is 48.8 Å². The van der Waals surface area contributed by atoms with Gasteiger partial charge in [-0.2, -0.15) is 0 Å². The van der Waals surface area contributed by atoms with Gasteiger partial charge >= 0.3 is 6.03 Å². The maximum absolute atomic E-state index is 13.0. The van der Waals surface area contributed by atoms with Crippen LogP contribution in [0.25, 0.3) is 0 Å². The molecule has 1 aromatic heterocycles. The van der Waals surface area contributed by atoms with E-state index >= 15 is 0 Å². The van der Waals surface area contributed by atoms with Crippen molar-refractivity contribution in [3.05, 3.63) is 22.4 Å². The highest BCUT2D eigenvalue weighted by Gasteiger charge is 2.52. The third-order valence-electron chi connectivity index (χ3n) is 6.35. The van der Waals surface area contributed by atoms with Gasteiger partial charge in [-0.05, 0) is 67.7 Å². The van der Waals surface area contributed by atoms with E-state index in [2.05, 4.69) is 27.7 Å². The molecule has 124 valence electrons. The van der Waals surface area contributed by atoms with E-state index in [4.69, 9.17) is 0 Å². The molecule has 0 aromatic carbocycles.